The van der Waals surface area contributed by atoms with Crippen molar-refractivity contribution in [3.8, 4) is 11.4 Å². The summed E-state index contributed by atoms with van der Waals surface area (Å²) in [6.45, 7) is 1.87. The number of H-pyrrole nitrogens is 1. The second-order valence-electron chi connectivity index (χ2n) is 3.55. The molecular weight excluding hydrogens is 240 g/mol. The first-order valence-electron chi connectivity index (χ1n) is 5.20. The summed E-state index contributed by atoms with van der Waals surface area (Å²) in [5.74, 6) is -0.541. The Balaban J connectivity index is 2.54. The van der Waals surface area contributed by atoms with Crippen LogP contribution in [0.4, 0.5) is 0 Å². The molecule has 0 saturated heterocycles. The summed E-state index contributed by atoms with van der Waals surface area (Å²) in [6.07, 6.45) is 0.582. The lowest BCUT2D eigenvalue weighted by atomic mass is 10.2. The van der Waals surface area contributed by atoms with Crippen molar-refractivity contribution in [3.05, 3.63) is 40.7 Å². The second-order valence-corrected chi connectivity index (χ2v) is 3.96. The molecule has 2 aromatic rings. The standard InChI is InChI=1S/C12H11ClN2O2/c1-2-9-10(12(16)17)15-11(14-9)7-5-3-4-6-8(7)13/h3-6H,2H2,1H3,(H,14,15)(H,16,17). The summed E-state index contributed by atoms with van der Waals surface area (Å²) in [6, 6.07) is 7.18. The fraction of sp³-hybridized carbons (Fsp3) is 0.167. The fourth-order valence-corrected chi connectivity index (χ4v) is 1.85. The lowest BCUT2D eigenvalue weighted by Gasteiger charge is -1.98. The third-order valence-corrected chi connectivity index (χ3v) is 2.79. The molecule has 0 spiro atoms. The van der Waals surface area contributed by atoms with Gasteiger partial charge in [-0.15, -0.1) is 0 Å². The van der Waals surface area contributed by atoms with Gasteiger partial charge in [0, 0.05) is 11.3 Å². The predicted octanol–water partition coefficient (Wildman–Crippen LogP) is 2.99. The van der Waals surface area contributed by atoms with Crippen LogP contribution in [-0.4, -0.2) is 21.0 Å². The quantitative estimate of drug-likeness (QED) is 0.880. The van der Waals surface area contributed by atoms with Crippen molar-refractivity contribution in [1.82, 2.24) is 9.97 Å². The van der Waals surface area contributed by atoms with Gasteiger partial charge in [-0.3, -0.25) is 0 Å². The number of aryl methyl sites for hydroxylation is 1. The number of hydrogen-bond donors (Lipinski definition) is 2. The normalized spacial score (nSPS) is 10.5. The Kier molecular flexibility index (Phi) is 3.15. The van der Waals surface area contributed by atoms with Crippen molar-refractivity contribution >= 4 is 17.6 Å². The maximum absolute atomic E-state index is 11.0. The Morgan fingerprint density at radius 3 is 2.71 bits per heavy atom. The Bertz CT molecular complexity index is 563. The molecule has 0 amide bonds. The van der Waals surface area contributed by atoms with Gasteiger partial charge in [0.2, 0.25) is 0 Å². The number of hydrogen-bond acceptors (Lipinski definition) is 2. The van der Waals surface area contributed by atoms with Gasteiger partial charge < -0.3 is 10.1 Å². The van der Waals surface area contributed by atoms with Crippen LogP contribution in [0, 0.1) is 0 Å². The van der Waals surface area contributed by atoms with Crippen LogP contribution in [0.5, 0.6) is 0 Å². The first kappa shape index (κ1) is 11.7. The first-order chi connectivity index (χ1) is 8.13. The topological polar surface area (TPSA) is 66.0 Å². The second kappa shape index (κ2) is 4.59. The van der Waals surface area contributed by atoms with Crippen molar-refractivity contribution in [3.63, 3.8) is 0 Å². The van der Waals surface area contributed by atoms with Gasteiger partial charge >= 0.3 is 5.97 Å². The zero-order valence-electron chi connectivity index (χ0n) is 9.20. The Labute approximate surface area is 103 Å². The number of carbonyl (C=O) groups is 1. The Morgan fingerprint density at radius 1 is 1.47 bits per heavy atom. The van der Waals surface area contributed by atoms with Crippen LogP contribution < -0.4 is 0 Å². The summed E-state index contributed by atoms with van der Waals surface area (Å²) in [5, 5.41) is 9.55. The first-order valence-corrected chi connectivity index (χ1v) is 5.58. The minimum Gasteiger partial charge on any atom is -0.476 e. The largest absolute Gasteiger partial charge is 0.476 e. The summed E-state index contributed by atoms with van der Waals surface area (Å²) in [5.41, 5.74) is 1.37. The highest BCUT2D eigenvalue weighted by atomic mass is 35.5. The number of carboxylic acid groups (broad SMARTS) is 1. The minimum absolute atomic E-state index is 0.0578. The average molecular weight is 251 g/mol. The number of aromatic amines is 1. The molecule has 4 nitrogen and oxygen atoms in total. The minimum atomic E-state index is -1.03. The SMILES string of the molecule is CCc1[nH]c(-c2ccccc2Cl)nc1C(=O)O. The van der Waals surface area contributed by atoms with E-state index in [0.29, 0.717) is 28.5 Å². The van der Waals surface area contributed by atoms with Gasteiger partial charge in [-0.25, -0.2) is 9.78 Å². The van der Waals surface area contributed by atoms with E-state index in [2.05, 4.69) is 9.97 Å². The van der Waals surface area contributed by atoms with Gasteiger partial charge in [-0.1, -0.05) is 30.7 Å². The predicted molar refractivity (Wildman–Crippen MR) is 65.4 cm³/mol. The molecule has 0 fully saturated rings. The number of imidazole rings is 1. The van der Waals surface area contributed by atoms with Crippen molar-refractivity contribution in [1.29, 1.82) is 0 Å². The van der Waals surface area contributed by atoms with Crippen LogP contribution in [0.1, 0.15) is 23.1 Å². The number of aromatic nitrogens is 2. The van der Waals surface area contributed by atoms with Crippen LogP contribution in [0.3, 0.4) is 0 Å². The molecule has 0 aliphatic rings. The van der Waals surface area contributed by atoms with Crippen molar-refractivity contribution < 1.29 is 9.90 Å². The van der Waals surface area contributed by atoms with Gasteiger partial charge in [0.05, 0.1) is 5.02 Å². The molecular formula is C12H11ClN2O2. The number of nitrogens with one attached hydrogen (secondary N) is 1. The van der Waals surface area contributed by atoms with Gasteiger partial charge in [-0.2, -0.15) is 0 Å². The molecule has 5 heteroatoms. The van der Waals surface area contributed by atoms with Gasteiger partial charge in [0.15, 0.2) is 5.69 Å². The Hall–Kier alpha value is -1.81. The van der Waals surface area contributed by atoms with Crippen LogP contribution in [-0.2, 0) is 6.42 Å². The fourth-order valence-electron chi connectivity index (χ4n) is 1.62. The molecule has 0 bridgehead atoms. The molecule has 0 aliphatic carbocycles. The number of halogens is 1. The lowest BCUT2D eigenvalue weighted by molar-refractivity contribution is 0.0690. The zero-order chi connectivity index (χ0) is 12.4. The summed E-state index contributed by atoms with van der Waals surface area (Å²) >= 11 is 6.04. The van der Waals surface area contributed by atoms with E-state index in [-0.39, 0.29) is 5.69 Å². The molecule has 0 atom stereocenters. The van der Waals surface area contributed by atoms with Crippen molar-refractivity contribution in [2.75, 3.05) is 0 Å². The van der Waals surface area contributed by atoms with Crippen LogP contribution in [0.15, 0.2) is 24.3 Å². The van der Waals surface area contributed by atoms with Gasteiger partial charge in [0.1, 0.15) is 5.82 Å². The summed E-state index contributed by atoms with van der Waals surface area (Å²) < 4.78 is 0. The smallest absolute Gasteiger partial charge is 0.356 e. The molecule has 1 aromatic heterocycles. The molecule has 1 heterocycles. The monoisotopic (exact) mass is 250 g/mol. The van der Waals surface area contributed by atoms with E-state index in [1.54, 1.807) is 12.1 Å². The number of benzene rings is 1. The molecule has 2 rings (SSSR count). The maximum Gasteiger partial charge on any atom is 0.356 e. The average Bonchev–Trinajstić information content (AvgIpc) is 2.73. The van der Waals surface area contributed by atoms with Crippen molar-refractivity contribution in [2.24, 2.45) is 0 Å². The third kappa shape index (κ3) is 2.17. The van der Waals surface area contributed by atoms with E-state index in [9.17, 15) is 4.79 Å². The molecule has 0 unspecified atom stereocenters. The number of rotatable bonds is 3. The molecule has 2 N–H and O–H groups in total. The molecule has 0 aliphatic heterocycles. The molecule has 0 saturated carbocycles. The van der Waals surface area contributed by atoms with E-state index in [0.717, 1.165) is 0 Å². The molecule has 88 valence electrons. The van der Waals surface area contributed by atoms with E-state index in [1.165, 1.54) is 0 Å². The highest BCUT2D eigenvalue weighted by Crippen LogP contribution is 2.26. The third-order valence-electron chi connectivity index (χ3n) is 2.46. The lowest BCUT2D eigenvalue weighted by Crippen LogP contribution is -2.00. The highest BCUT2D eigenvalue weighted by molar-refractivity contribution is 6.33. The molecule has 0 radical (unpaired) electrons. The zero-order valence-corrected chi connectivity index (χ0v) is 9.95. The van der Waals surface area contributed by atoms with Gasteiger partial charge in [-0.05, 0) is 18.6 Å². The van der Waals surface area contributed by atoms with Crippen molar-refractivity contribution in [2.45, 2.75) is 13.3 Å². The van der Waals surface area contributed by atoms with E-state index < -0.39 is 5.97 Å². The maximum atomic E-state index is 11.0. The molecule has 1 aromatic carbocycles. The number of carboxylic acids is 1. The Morgan fingerprint density at radius 2 is 2.18 bits per heavy atom. The summed E-state index contributed by atoms with van der Waals surface area (Å²) in [4.78, 5) is 18.1. The van der Waals surface area contributed by atoms with Crippen LogP contribution in [0.25, 0.3) is 11.4 Å². The van der Waals surface area contributed by atoms with E-state index in [1.807, 2.05) is 19.1 Å². The van der Waals surface area contributed by atoms with E-state index in [4.69, 9.17) is 16.7 Å². The van der Waals surface area contributed by atoms with E-state index >= 15 is 0 Å². The molecule has 17 heavy (non-hydrogen) atoms. The number of nitrogens with zero attached hydrogens (tertiary/aromatic N) is 1. The number of aromatic carboxylic acids is 1. The van der Waals surface area contributed by atoms with Gasteiger partial charge in [0.25, 0.3) is 0 Å². The van der Waals surface area contributed by atoms with Crippen LogP contribution in [0.2, 0.25) is 5.02 Å². The van der Waals surface area contributed by atoms with Crippen LogP contribution >= 0.6 is 11.6 Å². The summed E-state index contributed by atoms with van der Waals surface area (Å²) in [7, 11) is 0. The highest BCUT2D eigenvalue weighted by Gasteiger charge is 2.17.